The first-order valence-corrected chi connectivity index (χ1v) is 17.6. The van der Waals surface area contributed by atoms with Gasteiger partial charge in [0, 0.05) is 31.1 Å². The molecule has 1 amide bonds. The minimum Gasteiger partial charge on any atom is -0.370 e. The van der Waals surface area contributed by atoms with E-state index in [4.69, 9.17) is 42.6 Å². The summed E-state index contributed by atoms with van der Waals surface area (Å²) in [4.78, 5) is 39.5. The molecule has 0 bridgehead atoms. The topological polar surface area (TPSA) is 146 Å². The predicted molar refractivity (Wildman–Crippen MR) is 180 cm³/mol. The quantitative estimate of drug-likeness (QED) is 0.321. The van der Waals surface area contributed by atoms with E-state index in [1.165, 1.54) is 14.0 Å². The molecule has 4 aliphatic heterocycles. The van der Waals surface area contributed by atoms with E-state index in [1.807, 2.05) is 74.5 Å². The molecular formula is C38H49NO12. The summed E-state index contributed by atoms with van der Waals surface area (Å²) < 4.78 is 55.4. The number of carbonyl (C=O) groups excluding carboxylic acids is 3. The molecule has 51 heavy (non-hydrogen) atoms. The van der Waals surface area contributed by atoms with Crippen molar-refractivity contribution in [3.63, 3.8) is 0 Å². The maximum atomic E-state index is 13.6. The summed E-state index contributed by atoms with van der Waals surface area (Å²) >= 11 is 0. The van der Waals surface area contributed by atoms with Crippen LogP contribution in [0.25, 0.3) is 0 Å². The lowest BCUT2D eigenvalue weighted by atomic mass is 9.87. The van der Waals surface area contributed by atoms with Crippen molar-refractivity contribution < 1.29 is 57.0 Å². The van der Waals surface area contributed by atoms with Crippen molar-refractivity contribution in [2.75, 3.05) is 20.3 Å². The Labute approximate surface area is 298 Å². The third kappa shape index (κ3) is 8.59. The molecule has 0 aliphatic carbocycles. The Hall–Kier alpha value is -3.11. The monoisotopic (exact) mass is 711 g/mol. The number of methoxy groups -OCH3 is 1. The van der Waals surface area contributed by atoms with Crippen LogP contribution in [0.1, 0.15) is 64.7 Å². The van der Waals surface area contributed by atoms with E-state index >= 15 is 0 Å². The van der Waals surface area contributed by atoms with Crippen molar-refractivity contribution in [1.29, 1.82) is 0 Å². The average molecular weight is 712 g/mol. The summed E-state index contributed by atoms with van der Waals surface area (Å²) in [5.74, 6) is -1.28. The van der Waals surface area contributed by atoms with Crippen LogP contribution in [0.3, 0.4) is 0 Å². The zero-order chi connectivity index (χ0) is 36.2. The zero-order valence-electron chi connectivity index (χ0n) is 29.9. The molecule has 0 saturated carbocycles. The molecule has 14 atom stereocenters. The number of benzene rings is 2. The SMILES string of the molecule is CO[C@H]1OC2COC(c3ccccc3)O[C@H]2[C@H](O[C@H](C)C(=O)CC(=O)[C@@H](C)O[C@@H]2C(C)[C@H](C)OC3COC(c4ccccc4)O[C@H]32)C1NC(C)=O. The summed E-state index contributed by atoms with van der Waals surface area (Å²) in [6, 6.07) is 18.2. The molecule has 4 aliphatic rings. The third-order valence-corrected chi connectivity index (χ3v) is 10.1. The molecule has 13 heteroatoms. The molecule has 6 unspecified atom stereocenters. The van der Waals surface area contributed by atoms with Crippen LogP contribution >= 0.6 is 0 Å². The van der Waals surface area contributed by atoms with Gasteiger partial charge in [-0.1, -0.05) is 67.6 Å². The summed E-state index contributed by atoms with van der Waals surface area (Å²) in [5, 5.41) is 2.85. The molecule has 278 valence electrons. The van der Waals surface area contributed by atoms with Gasteiger partial charge in [-0.25, -0.2) is 0 Å². The second kappa shape index (κ2) is 16.7. The van der Waals surface area contributed by atoms with E-state index in [1.54, 1.807) is 13.8 Å². The smallest absolute Gasteiger partial charge is 0.217 e. The maximum absolute atomic E-state index is 13.6. The molecular weight excluding hydrogens is 662 g/mol. The number of ether oxygens (including phenoxy) is 9. The second-order valence-corrected chi connectivity index (χ2v) is 13.7. The number of fused-ring (bicyclic) bond motifs is 2. The fourth-order valence-electron chi connectivity index (χ4n) is 7.09. The van der Waals surface area contributed by atoms with Gasteiger partial charge in [-0.3, -0.25) is 14.4 Å². The van der Waals surface area contributed by atoms with E-state index in [-0.39, 0.29) is 30.6 Å². The Morgan fingerprint density at radius 1 is 0.745 bits per heavy atom. The first-order chi connectivity index (χ1) is 24.5. The van der Waals surface area contributed by atoms with Gasteiger partial charge in [0.2, 0.25) is 5.91 Å². The molecule has 6 rings (SSSR count). The number of nitrogens with one attached hydrogen (secondary N) is 1. The third-order valence-electron chi connectivity index (χ3n) is 10.1. The van der Waals surface area contributed by atoms with Crippen molar-refractivity contribution in [2.45, 2.75) is 121 Å². The normalized spacial score (nSPS) is 36.2. The van der Waals surface area contributed by atoms with Gasteiger partial charge in [0.1, 0.15) is 48.8 Å². The number of Topliss-reactive ketones (excluding diaryl/α,β-unsaturated/α-hetero) is 2. The minimum absolute atomic E-state index is 0.103. The Kier molecular flexibility index (Phi) is 12.3. The van der Waals surface area contributed by atoms with Gasteiger partial charge in [-0.15, -0.1) is 0 Å². The fraction of sp³-hybridized carbons (Fsp3) is 0.605. The summed E-state index contributed by atoms with van der Waals surface area (Å²) in [6.45, 7) is 9.05. The van der Waals surface area contributed by atoms with Crippen LogP contribution in [-0.4, -0.2) is 105 Å². The number of ketones is 2. The van der Waals surface area contributed by atoms with E-state index in [9.17, 15) is 14.4 Å². The molecule has 4 saturated heterocycles. The van der Waals surface area contributed by atoms with Gasteiger partial charge < -0.3 is 47.9 Å². The molecule has 0 spiro atoms. The van der Waals surface area contributed by atoms with Crippen LogP contribution in [0.5, 0.6) is 0 Å². The van der Waals surface area contributed by atoms with Crippen molar-refractivity contribution in [1.82, 2.24) is 5.32 Å². The Balaban J connectivity index is 1.12. The van der Waals surface area contributed by atoms with Crippen LogP contribution in [0.4, 0.5) is 0 Å². The van der Waals surface area contributed by atoms with Gasteiger partial charge in [0.25, 0.3) is 0 Å². The average Bonchev–Trinajstić information content (AvgIpc) is 3.14. The highest BCUT2D eigenvalue weighted by Crippen LogP contribution is 2.39. The lowest BCUT2D eigenvalue weighted by Gasteiger charge is -2.49. The van der Waals surface area contributed by atoms with Crippen LogP contribution < -0.4 is 5.32 Å². The van der Waals surface area contributed by atoms with Gasteiger partial charge in [-0.2, -0.15) is 0 Å². The summed E-state index contributed by atoms with van der Waals surface area (Å²) in [5.41, 5.74) is 1.67. The lowest BCUT2D eigenvalue weighted by Crippen LogP contribution is -2.67. The molecule has 13 nitrogen and oxygen atoms in total. The van der Waals surface area contributed by atoms with Crippen LogP contribution in [0.15, 0.2) is 60.7 Å². The van der Waals surface area contributed by atoms with Crippen molar-refractivity contribution >= 4 is 17.5 Å². The van der Waals surface area contributed by atoms with Crippen LogP contribution in [-0.2, 0) is 57.0 Å². The molecule has 2 aromatic rings. The highest BCUT2D eigenvalue weighted by Gasteiger charge is 2.52. The van der Waals surface area contributed by atoms with E-state index in [0.717, 1.165) is 11.1 Å². The number of rotatable bonds is 12. The fourth-order valence-corrected chi connectivity index (χ4v) is 7.09. The molecule has 4 heterocycles. The van der Waals surface area contributed by atoms with Crippen LogP contribution in [0, 0.1) is 5.92 Å². The van der Waals surface area contributed by atoms with Gasteiger partial charge >= 0.3 is 0 Å². The Morgan fingerprint density at radius 3 is 1.75 bits per heavy atom. The predicted octanol–water partition coefficient (Wildman–Crippen LogP) is 3.59. The van der Waals surface area contributed by atoms with Crippen molar-refractivity contribution in [2.24, 2.45) is 5.92 Å². The highest BCUT2D eigenvalue weighted by molar-refractivity contribution is 6.02. The number of hydrogen-bond donors (Lipinski definition) is 1. The maximum Gasteiger partial charge on any atom is 0.217 e. The molecule has 2 aromatic carbocycles. The summed E-state index contributed by atoms with van der Waals surface area (Å²) in [6.07, 6.45) is -8.32. The standard InChI is InChI=1S/C38H49NO12/c1-20-21(2)46-29-18-44-36(25-13-9-7-10-14-25)50-33(29)32(20)47-22(3)27(41)17-28(42)23(4)48-35-31(39-24(5)40)38(43-6)49-30-19-45-37(51-34(30)35)26-15-11-8-12-16-26/h7-16,20-23,29-38H,17-19H2,1-6H3,(H,39,40)/t20?,21-,22+,23+,29?,30?,31?,32+,33+,34+,35+,36?,37?,38-/m0/s1. The molecule has 4 fully saturated rings. The van der Waals surface area contributed by atoms with Crippen molar-refractivity contribution in [3.05, 3.63) is 71.8 Å². The first kappa shape index (κ1) is 37.6. The molecule has 1 N–H and O–H groups in total. The number of amides is 1. The minimum atomic E-state index is -1.04. The zero-order valence-corrected chi connectivity index (χ0v) is 29.9. The lowest BCUT2D eigenvalue weighted by molar-refractivity contribution is -0.347. The van der Waals surface area contributed by atoms with Crippen molar-refractivity contribution in [3.8, 4) is 0 Å². The number of hydrogen-bond acceptors (Lipinski definition) is 12. The van der Waals surface area contributed by atoms with Gasteiger partial charge in [0.05, 0.1) is 31.8 Å². The van der Waals surface area contributed by atoms with Gasteiger partial charge in [-0.05, 0) is 20.8 Å². The van der Waals surface area contributed by atoms with Gasteiger partial charge in [0.15, 0.2) is 30.4 Å². The Bertz CT molecular complexity index is 1480. The van der Waals surface area contributed by atoms with Crippen LogP contribution in [0.2, 0.25) is 0 Å². The molecule has 0 radical (unpaired) electrons. The summed E-state index contributed by atoms with van der Waals surface area (Å²) in [7, 11) is 1.46. The Morgan fingerprint density at radius 2 is 1.24 bits per heavy atom. The highest BCUT2D eigenvalue weighted by atomic mass is 16.8. The van der Waals surface area contributed by atoms with E-state index in [0.29, 0.717) is 6.61 Å². The largest absolute Gasteiger partial charge is 0.370 e. The second-order valence-electron chi connectivity index (χ2n) is 13.7. The first-order valence-electron chi connectivity index (χ1n) is 17.6. The van der Waals surface area contributed by atoms with E-state index in [2.05, 4.69) is 5.32 Å². The van der Waals surface area contributed by atoms with E-state index < -0.39 is 85.6 Å². The number of carbonyl (C=O) groups is 3. The molecule has 0 aromatic heterocycles.